The van der Waals surface area contributed by atoms with Crippen molar-refractivity contribution in [3.05, 3.63) is 53.1 Å². The molecule has 0 saturated carbocycles. The number of imidazole rings is 1. The van der Waals surface area contributed by atoms with Crippen molar-refractivity contribution < 1.29 is 9.90 Å². The Labute approximate surface area is 153 Å². The second-order valence-corrected chi connectivity index (χ2v) is 6.70. The Balaban J connectivity index is 1.88. The number of carbonyl (C=O) groups is 1. The summed E-state index contributed by atoms with van der Waals surface area (Å²) < 4.78 is 2.21. The fourth-order valence-corrected chi connectivity index (χ4v) is 3.37. The van der Waals surface area contributed by atoms with Crippen LogP contribution in [0.25, 0.3) is 16.7 Å². The average molecular weight is 351 g/mol. The maximum atomic E-state index is 10.6. The first kappa shape index (κ1) is 18.1. The van der Waals surface area contributed by atoms with Gasteiger partial charge in [0.2, 0.25) is 0 Å². The minimum absolute atomic E-state index is 0.242. The number of aliphatic carboxylic acids is 1. The minimum Gasteiger partial charge on any atom is -0.481 e. The first-order valence-corrected chi connectivity index (χ1v) is 9.16. The summed E-state index contributed by atoms with van der Waals surface area (Å²) in [7, 11) is 0. The van der Waals surface area contributed by atoms with E-state index in [1.54, 1.807) is 0 Å². The molecule has 2 aromatic heterocycles. The maximum absolute atomic E-state index is 10.6. The summed E-state index contributed by atoms with van der Waals surface area (Å²) in [6.07, 6.45) is 3.61. The standard InChI is InChI=1S/C21H25N3O2/c1-4-19-23-21-15(3)22-14(2)13-18(21)24(19)17-11-9-16(10-12-17)7-5-6-8-20(25)26/h9-13H,4-8H2,1-3H3,(H,25,26). The summed E-state index contributed by atoms with van der Waals surface area (Å²) in [5.41, 5.74) is 6.35. The van der Waals surface area contributed by atoms with Crippen LogP contribution < -0.4 is 0 Å². The Kier molecular flexibility index (Phi) is 5.35. The molecule has 0 bridgehead atoms. The largest absolute Gasteiger partial charge is 0.481 e. The van der Waals surface area contributed by atoms with Gasteiger partial charge >= 0.3 is 5.97 Å². The molecule has 5 nitrogen and oxygen atoms in total. The lowest BCUT2D eigenvalue weighted by atomic mass is 10.1. The van der Waals surface area contributed by atoms with Gasteiger partial charge in [0.1, 0.15) is 11.3 Å². The zero-order chi connectivity index (χ0) is 18.7. The molecule has 2 heterocycles. The molecular formula is C21H25N3O2. The smallest absolute Gasteiger partial charge is 0.303 e. The fourth-order valence-electron chi connectivity index (χ4n) is 3.37. The Morgan fingerprint density at radius 2 is 1.85 bits per heavy atom. The third-order valence-corrected chi connectivity index (χ3v) is 4.63. The van der Waals surface area contributed by atoms with Gasteiger partial charge in [-0.1, -0.05) is 19.1 Å². The third-order valence-electron chi connectivity index (χ3n) is 4.63. The molecule has 0 spiro atoms. The maximum Gasteiger partial charge on any atom is 0.303 e. The van der Waals surface area contributed by atoms with Gasteiger partial charge in [0.05, 0.1) is 11.2 Å². The van der Waals surface area contributed by atoms with Crippen molar-refractivity contribution in [2.45, 2.75) is 52.9 Å². The number of aryl methyl sites for hydroxylation is 4. The van der Waals surface area contributed by atoms with Crippen LogP contribution in [0.3, 0.4) is 0 Å². The predicted octanol–water partition coefficient (Wildman–Crippen LogP) is 4.40. The van der Waals surface area contributed by atoms with Crippen molar-refractivity contribution in [2.75, 3.05) is 0 Å². The van der Waals surface area contributed by atoms with Crippen LogP contribution in [0.2, 0.25) is 0 Å². The van der Waals surface area contributed by atoms with E-state index < -0.39 is 5.97 Å². The van der Waals surface area contributed by atoms with E-state index >= 15 is 0 Å². The van der Waals surface area contributed by atoms with E-state index in [1.807, 2.05) is 13.8 Å². The molecule has 0 atom stereocenters. The number of carboxylic acids is 1. The number of carboxylic acid groups (broad SMARTS) is 1. The number of rotatable bonds is 7. The predicted molar refractivity (Wildman–Crippen MR) is 103 cm³/mol. The van der Waals surface area contributed by atoms with E-state index in [0.29, 0.717) is 0 Å². The van der Waals surface area contributed by atoms with Gasteiger partial charge in [-0.2, -0.15) is 0 Å². The van der Waals surface area contributed by atoms with Gasteiger partial charge in [-0.05, 0) is 56.9 Å². The van der Waals surface area contributed by atoms with Gasteiger partial charge in [-0.25, -0.2) is 4.98 Å². The molecule has 0 radical (unpaired) electrons. The van der Waals surface area contributed by atoms with Crippen LogP contribution in [0, 0.1) is 13.8 Å². The topological polar surface area (TPSA) is 68.0 Å². The van der Waals surface area contributed by atoms with E-state index in [2.05, 4.69) is 46.8 Å². The van der Waals surface area contributed by atoms with Gasteiger partial charge in [0.25, 0.3) is 0 Å². The molecule has 1 aromatic carbocycles. The van der Waals surface area contributed by atoms with E-state index in [9.17, 15) is 4.79 Å². The number of hydrogen-bond donors (Lipinski definition) is 1. The van der Waals surface area contributed by atoms with E-state index in [4.69, 9.17) is 10.1 Å². The van der Waals surface area contributed by atoms with E-state index in [1.165, 1.54) is 5.56 Å². The molecule has 0 aliphatic heterocycles. The lowest BCUT2D eigenvalue weighted by molar-refractivity contribution is -0.137. The van der Waals surface area contributed by atoms with Crippen molar-refractivity contribution in [1.29, 1.82) is 0 Å². The van der Waals surface area contributed by atoms with Crippen LogP contribution in [-0.2, 0) is 17.6 Å². The van der Waals surface area contributed by atoms with Crippen LogP contribution in [0.1, 0.15) is 49.0 Å². The lowest BCUT2D eigenvalue weighted by Crippen LogP contribution is -2.01. The van der Waals surface area contributed by atoms with Crippen LogP contribution in [0.15, 0.2) is 30.3 Å². The van der Waals surface area contributed by atoms with Gasteiger partial charge in [0.15, 0.2) is 0 Å². The highest BCUT2D eigenvalue weighted by atomic mass is 16.4. The number of benzene rings is 1. The number of pyridine rings is 1. The van der Waals surface area contributed by atoms with E-state index in [-0.39, 0.29) is 6.42 Å². The van der Waals surface area contributed by atoms with Crippen molar-refractivity contribution in [3.63, 3.8) is 0 Å². The lowest BCUT2D eigenvalue weighted by Gasteiger charge is -2.10. The van der Waals surface area contributed by atoms with Crippen LogP contribution in [0.4, 0.5) is 0 Å². The molecule has 26 heavy (non-hydrogen) atoms. The number of nitrogens with zero attached hydrogens (tertiary/aromatic N) is 3. The number of fused-ring (bicyclic) bond motifs is 1. The van der Waals surface area contributed by atoms with Gasteiger partial charge in [0, 0.05) is 24.2 Å². The number of unbranched alkanes of at least 4 members (excludes halogenated alkanes) is 1. The first-order chi connectivity index (χ1) is 12.5. The molecule has 0 saturated heterocycles. The van der Waals surface area contributed by atoms with Crippen molar-refractivity contribution in [2.24, 2.45) is 0 Å². The SMILES string of the molecule is CCc1nc2c(C)nc(C)cc2n1-c1ccc(CCCCC(=O)O)cc1. The second-order valence-electron chi connectivity index (χ2n) is 6.70. The highest BCUT2D eigenvalue weighted by Crippen LogP contribution is 2.25. The number of hydrogen-bond acceptors (Lipinski definition) is 3. The minimum atomic E-state index is -0.723. The molecule has 3 aromatic rings. The summed E-state index contributed by atoms with van der Waals surface area (Å²) in [6, 6.07) is 10.6. The molecule has 5 heteroatoms. The van der Waals surface area contributed by atoms with Crippen LogP contribution in [0.5, 0.6) is 0 Å². The molecule has 0 unspecified atom stereocenters. The summed E-state index contributed by atoms with van der Waals surface area (Å²) in [6.45, 7) is 6.13. The van der Waals surface area contributed by atoms with Crippen LogP contribution >= 0.6 is 0 Å². The Morgan fingerprint density at radius 1 is 1.12 bits per heavy atom. The van der Waals surface area contributed by atoms with Crippen LogP contribution in [-0.4, -0.2) is 25.6 Å². The summed E-state index contributed by atoms with van der Waals surface area (Å²) in [5, 5.41) is 8.71. The Morgan fingerprint density at radius 3 is 2.50 bits per heavy atom. The molecule has 0 amide bonds. The zero-order valence-electron chi connectivity index (χ0n) is 15.6. The van der Waals surface area contributed by atoms with E-state index in [0.717, 1.165) is 59.6 Å². The normalized spacial score (nSPS) is 11.2. The highest BCUT2D eigenvalue weighted by molar-refractivity contribution is 5.80. The van der Waals surface area contributed by atoms with Gasteiger partial charge in [-0.15, -0.1) is 0 Å². The molecule has 0 aliphatic rings. The molecular weight excluding hydrogens is 326 g/mol. The van der Waals surface area contributed by atoms with Crippen molar-refractivity contribution in [1.82, 2.24) is 14.5 Å². The second kappa shape index (κ2) is 7.68. The summed E-state index contributed by atoms with van der Waals surface area (Å²) in [5.74, 6) is 0.309. The third kappa shape index (κ3) is 3.77. The zero-order valence-corrected chi connectivity index (χ0v) is 15.6. The molecule has 1 N–H and O–H groups in total. The van der Waals surface area contributed by atoms with Gasteiger partial charge in [-0.3, -0.25) is 14.3 Å². The fraction of sp³-hybridized carbons (Fsp3) is 0.381. The van der Waals surface area contributed by atoms with Crippen molar-refractivity contribution >= 4 is 17.0 Å². The quantitative estimate of drug-likeness (QED) is 0.641. The Bertz CT molecular complexity index is 927. The molecule has 3 rings (SSSR count). The highest BCUT2D eigenvalue weighted by Gasteiger charge is 2.14. The molecule has 0 aliphatic carbocycles. The summed E-state index contributed by atoms with van der Waals surface area (Å²) in [4.78, 5) is 19.9. The number of aromatic nitrogens is 3. The van der Waals surface area contributed by atoms with Crippen molar-refractivity contribution in [3.8, 4) is 5.69 Å². The summed E-state index contributed by atoms with van der Waals surface area (Å²) >= 11 is 0. The first-order valence-electron chi connectivity index (χ1n) is 9.16. The Hall–Kier alpha value is -2.69. The van der Waals surface area contributed by atoms with Gasteiger partial charge < -0.3 is 5.11 Å². The monoisotopic (exact) mass is 351 g/mol. The average Bonchev–Trinajstić information content (AvgIpc) is 2.98. The molecule has 0 fully saturated rings. The molecule has 136 valence electrons.